The molecule has 2 aliphatic carbocycles. The molecule has 3 aromatic rings. The third-order valence-corrected chi connectivity index (χ3v) is 9.71. The van der Waals surface area contributed by atoms with Crippen molar-refractivity contribution >= 4 is 21.6 Å². The van der Waals surface area contributed by atoms with Crippen molar-refractivity contribution < 1.29 is 19.0 Å². The lowest BCUT2D eigenvalue weighted by atomic mass is 9.77. The Kier molecular flexibility index (Phi) is 6.56. The SMILES string of the molecule is CCC1(N2CCOCC2)CCC(Oc2ccnc3sc4c(c23)[C@@H](C[C@H](O)c2ncco2)CC4)CC1. The number of nitrogens with zero attached hydrogens (tertiary/aromatic N) is 3. The fraction of sp³-hybridized carbons (Fsp3) is 0.630. The Morgan fingerprint density at radius 2 is 2.03 bits per heavy atom. The molecule has 4 heterocycles. The molecule has 3 aliphatic rings. The Bertz CT molecular complexity index is 1130. The van der Waals surface area contributed by atoms with Crippen molar-refractivity contribution in [3.05, 3.63) is 41.1 Å². The zero-order valence-corrected chi connectivity index (χ0v) is 21.3. The molecule has 6 rings (SSSR count). The highest BCUT2D eigenvalue weighted by atomic mass is 32.1. The van der Waals surface area contributed by atoms with Gasteiger partial charge in [-0.05, 0) is 68.9 Å². The van der Waals surface area contributed by atoms with Gasteiger partial charge in [-0.3, -0.25) is 4.90 Å². The third-order valence-electron chi connectivity index (χ3n) is 8.54. The van der Waals surface area contributed by atoms with Crippen LogP contribution >= 0.6 is 11.3 Å². The van der Waals surface area contributed by atoms with Crippen molar-refractivity contribution in [3.8, 4) is 5.75 Å². The molecule has 188 valence electrons. The fourth-order valence-corrected chi connectivity index (χ4v) is 7.85. The largest absolute Gasteiger partial charge is 0.490 e. The van der Waals surface area contributed by atoms with Crippen LogP contribution < -0.4 is 4.74 Å². The van der Waals surface area contributed by atoms with Gasteiger partial charge in [0.15, 0.2) is 0 Å². The molecule has 1 saturated carbocycles. The van der Waals surface area contributed by atoms with E-state index < -0.39 is 6.10 Å². The number of aliphatic hydroxyl groups excluding tert-OH is 1. The van der Waals surface area contributed by atoms with Crippen LogP contribution in [0, 0.1) is 0 Å². The summed E-state index contributed by atoms with van der Waals surface area (Å²) in [6.45, 7) is 6.14. The van der Waals surface area contributed by atoms with E-state index in [-0.39, 0.29) is 12.0 Å². The minimum atomic E-state index is -0.697. The Morgan fingerprint density at radius 3 is 2.77 bits per heavy atom. The number of thiophene rings is 1. The zero-order chi connectivity index (χ0) is 23.8. The Balaban J connectivity index is 1.20. The van der Waals surface area contributed by atoms with Crippen molar-refractivity contribution in [3.63, 3.8) is 0 Å². The second-order valence-electron chi connectivity index (χ2n) is 10.3. The number of oxazole rings is 1. The molecule has 3 aromatic heterocycles. The molecular formula is C27H35N3O4S. The van der Waals surface area contributed by atoms with Crippen molar-refractivity contribution in [1.29, 1.82) is 0 Å². The van der Waals surface area contributed by atoms with Crippen LogP contribution in [0.25, 0.3) is 10.2 Å². The predicted molar refractivity (Wildman–Crippen MR) is 135 cm³/mol. The summed E-state index contributed by atoms with van der Waals surface area (Å²) < 4.78 is 17.7. The Hall–Kier alpha value is -2.00. The summed E-state index contributed by atoms with van der Waals surface area (Å²) in [6, 6.07) is 2.04. The van der Waals surface area contributed by atoms with Crippen LogP contribution in [0.2, 0.25) is 0 Å². The Labute approximate surface area is 210 Å². The number of aryl methyl sites for hydroxylation is 1. The highest BCUT2D eigenvalue weighted by Crippen LogP contribution is 2.49. The Morgan fingerprint density at radius 1 is 1.20 bits per heavy atom. The molecule has 0 radical (unpaired) electrons. The molecule has 1 saturated heterocycles. The van der Waals surface area contributed by atoms with Crippen LogP contribution in [0.4, 0.5) is 0 Å². The molecule has 2 atom stereocenters. The molecule has 35 heavy (non-hydrogen) atoms. The number of rotatable bonds is 7. The second kappa shape index (κ2) is 9.81. The smallest absolute Gasteiger partial charge is 0.222 e. The van der Waals surface area contributed by atoms with Crippen LogP contribution in [0.1, 0.15) is 80.2 Å². The number of morpholine rings is 1. The maximum atomic E-state index is 10.7. The minimum Gasteiger partial charge on any atom is -0.490 e. The van der Waals surface area contributed by atoms with Gasteiger partial charge in [0.1, 0.15) is 22.9 Å². The number of ether oxygens (including phenoxy) is 2. The van der Waals surface area contributed by atoms with Crippen LogP contribution in [-0.2, 0) is 11.2 Å². The first kappa shape index (κ1) is 23.4. The van der Waals surface area contributed by atoms with Crippen molar-refractivity contribution in [1.82, 2.24) is 14.9 Å². The lowest BCUT2D eigenvalue weighted by Crippen LogP contribution is -2.55. The topological polar surface area (TPSA) is 80.9 Å². The maximum Gasteiger partial charge on any atom is 0.222 e. The number of aliphatic hydroxyl groups is 1. The first-order valence-corrected chi connectivity index (χ1v) is 14.0. The fourth-order valence-electron chi connectivity index (χ4n) is 6.59. The normalized spacial score (nSPS) is 28.3. The van der Waals surface area contributed by atoms with Crippen molar-refractivity contribution in [2.45, 2.75) is 82.0 Å². The number of pyridine rings is 1. The van der Waals surface area contributed by atoms with Gasteiger partial charge in [0.25, 0.3) is 0 Å². The van der Waals surface area contributed by atoms with Gasteiger partial charge in [-0.15, -0.1) is 11.3 Å². The van der Waals surface area contributed by atoms with Crippen molar-refractivity contribution in [2.24, 2.45) is 0 Å². The molecule has 1 N–H and O–H groups in total. The van der Waals surface area contributed by atoms with E-state index in [1.54, 1.807) is 17.5 Å². The number of aromatic nitrogens is 2. The molecule has 0 amide bonds. The minimum absolute atomic E-state index is 0.231. The van der Waals surface area contributed by atoms with E-state index in [1.807, 2.05) is 12.3 Å². The quantitative estimate of drug-likeness (QED) is 0.478. The average Bonchev–Trinajstić information content (AvgIpc) is 3.64. The summed E-state index contributed by atoms with van der Waals surface area (Å²) in [6.07, 6.45) is 12.9. The van der Waals surface area contributed by atoms with E-state index in [0.717, 1.165) is 68.0 Å². The van der Waals surface area contributed by atoms with E-state index in [0.29, 0.717) is 17.9 Å². The average molecular weight is 498 g/mol. The summed E-state index contributed by atoms with van der Waals surface area (Å²) in [5, 5.41) is 11.9. The van der Waals surface area contributed by atoms with E-state index in [4.69, 9.17) is 13.9 Å². The van der Waals surface area contributed by atoms with E-state index >= 15 is 0 Å². The molecule has 8 heteroatoms. The second-order valence-corrected chi connectivity index (χ2v) is 11.4. The van der Waals surface area contributed by atoms with Gasteiger partial charge >= 0.3 is 0 Å². The summed E-state index contributed by atoms with van der Waals surface area (Å²) in [5.74, 6) is 1.62. The summed E-state index contributed by atoms with van der Waals surface area (Å²) in [5.41, 5.74) is 1.62. The molecule has 0 spiro atoms. The number of fused-ring (bicyclic) bond motifs is 3. The van der Waals surface area contributed by atoms with Crippen LogP contribution in [0.5, 0.6) is 5.75 Å². The van der Waals surface area contributed by atoms with E-state index in [9.17, 15) is 5.11 Å². The molecule has 0 bridgehead atoms. The summed E-state index contributed by atoms with van der Waals surface area (Å²) >= 11 is 1.78. The van der Waals surface area contributed by atoms with Gasteiger partial charge in [-0.2, -0.15) is 0 Å². The van der Waals surface area contributed by atoms with Gasteiger partial charge in [-0.1, -0.05) is 6.92 Å². The lowest BCUT2D eigenvalue weighted by molar-refractivity contribution is -0.0510. The zero-order valence-electron chi connectivity index (χ0n) is 20.4. The number of hydrogen-bond donors (Lipinski definition) is 1. The van der Waals surface area contributed by atoms with E-state index in [2.05, 4.69) is 21.8 Å². The van der Waals surface area contributed by atoms with Crippen molar-refractivity contribution in [2.75, 3.05) is 26.3 Å². The molecule has 0 aromatic carbocycles. The molecule has 7 nitrogen and oxygen atoms in total. The number of hydrogen-bond acceptors (Lipinski definition) is 8. The molecular weight excluding hydrogens is 462 g/mol. The van der Waals surface area contributed by atoms with Gasteiger partial charge < -0.3 is 19.0 Å². The third kappa shape index (κ3) is 4.39. The standard InChI is InChI=1S/C27H35N3O4S/c1-2-27(30-12-15-32-16-13-30)8-5-19(6-9-27)34-21-7-10-29-26-24(21)23-18(3-4-22(23)35-26)17-20(31)25-28-11-14-33-25/h7,10-11,14,18-20,31H,2-6,8-9,12-13,15-17H2,1H3/t18-,19?,20+,27?/m1/s1. The predicted octanol–water partition coefficient (Wildman–Crippen LogP) is 5.24. The maximum absolute atomic E-state index is 10.7. The highest BCUT2D eigenvalue weighted by Gasteiger charge is 2.40. The van der Waals surface area contributed by atoms with Gasteiger partial charge in [0, 0.05) is 29.7 Å². The van der Waals surface area contributed by atoms with Gasteiger partial charge in [0.2, 0.25) is 5.89 Å². The highest BCUT2D eigenvalue weighted by molar-refractivity contribution is 7.19. The first-order chi connectivity index (χ1) is 17.2. The van der Waals surface area contributed by atoms with E-state index in [1.165, 1.54) is 36.0 Å². The summed E-state index contributed by atoms with van der Waals surface area (Å²) in [7, 11) is 0. The summed E-state index contributed by atoms with van der Waals surface area (Å²) in [4.78, 5) is 13.9. The lowest BCUT2D eigenvalue weighted by Gasteiger charge is -2.49. The molecule has 2 fully saturated rings. The van der Waals surface area contributed by atoms with Crippen LogP contribution in [0.15, 0.2) is 29.1 Å². The van der Waals surface area contributed by atoms with Crippen LogP contribution in [-0.4, -0.2) is 57.9 Å². The van der Waals surface area contributed by atoms with Gasteiger partial charge in [-0.25, -0.2) is 9.97 Å². The monoisotopic (exact) mass is 497 g/mol. The van der Waals surface area contributed by atoms with Crippen LogP contribution in [0.3, 0.4) is 0 Å². The molecule has 0 unspecified atom stereocenters. The molecule has 1 aliphatic heterocycles. The van der Waals surface area contributed by atoms with Gasteiger partial charge in [0.05, 0.1) is 30.9 Å². The first-order valence-electron chi connectivity index (χ1n) is 13.1.